The molecule has 3 heteroatoms. The highest BCUT2D eigenvalue weighted by Gasteiger charge is 2.11. The lowest BCUT2D eigenvalue weighted by Crippen LogP contribution is -2.36. The van der Waals surface area contributed by atoms with Crippen LogP contribution in [0.1, 0.15) is 5.56 Å². The van der Waals surface area contributed by atoms with Gasteiger partial charge in [0, 0.05) is 19.3 Å². The lowest BCUT2D eigenvalue weighted by atomic mass is 10.3. The highest BCUT2D eigenvalue weighted by Crippen LogP contribution is 2.13. The number of aromatic nitrogens is 1. The number of hydrogen-bond acceptors (Lipinski definition) is 3. The van der Waals surface area contributed by atoms with Gasteiger partial charge in [0.05, 0.1) is 13.2 Å². The molecular formula is C10H14N2O. The molecule has 0 saturated carbocycles. The first kappa shape index (κ1) is 8.51. The molecule has 13 heavy (non-hydrogen) atoms. The predicted octanol–water partition coefficient (Wildman–Crippen LogP) is 1.23. The molecule has 0 radical (unpaired) electrons. The van der Waals surface area contributed by atoms with Crippen LogP contribution in [0.25, 0.3) is 0 Å². The Morgan fingerprint density at radius 1 is 1.38 bits per heavy atom. The van der Waals surface area contributed by atoms with E-state index in [0.29, 0.717) is 0 Å². The van der Waals surface area contributed by atoms with Crippen molar-refractivity contribution in [1.82, 2.24) is 4.98 Å². The minimum Gasteiger partial charge on any atom is -0.378 e. The van der Waals surface area contributed by atoms with E-state index in [1.165, 1.54) is 5.56 Å². The lowest BCUT2D eigenvalue weighted by Gasteiger charge is -2.27. The molecule has 1 saturated heterocycles. The van der Waals surface area contributed by atoms with Crippen molar-refractivity contribution < 1.29 is 4.74 Å². The second-order valence-electron chi connectivity index (χ2n) is 3.29. The first-order chi connectivity index (χ1) is 6.36. The summed E-state index contributed by atoms with van der Waals surface area (Å²) in [4.78, 5) is 6.59. The van der Waals surface area contributed by atoms with Crippen molar-refractivity contribution in [3.05, 3.63) is 23.9 Å². The maximum absolute atomic E-state index is 5.28. The normalized spacial score (nSPS) is 17.5. The molecule has 3 nitrogen and oxygen atoms in total. The molecule has 2 heterocycles. The number of morpholine rings is 1. The van der Waals surface area contributed by atoms with Gasteiger partial charge in [-0.1, -0.05) is 0 Å². The van der Waals surface area contributed by atoms with Crippen LogP contribution in [0.15, 0.2) is 18.3 Å². The first-order valence-corrected chi connectivity index (χ1v) is 4.61. The molecular weight excluding hydrogens is 164 g/mol. The van der Waals surface area contributed by atoms with E-state index >= 15 is 0 Å². The molecule has 0 aromatic carbocycles. The van der Waals surface area contributed by atoms with Crippen molar-refractivity contribution in [3.63, 3.8) is 0 Å². The maximum Gasteiger partial charge on any atom is 0.128 e. The van der Waals surface area contributed by atoms with Gasteiger partial charge < -0.3 is 9.64 Å². The molecule has 0 amide bonds. The van der Waals surface area contributed by atoms with Gasteiger partial charge >= 0.3 is 0 Å². The fraction of sp³-hybridized carbons (Fsp3) is 0.500. The smallest absolute Gasteiger partial charge is 0.128 e. The third-order valence-corrected chi connectivity index (χ3v) is 2.24. The molecule has 0 unspecified atom stereocenters. The zero-order valence-corrected chi connectivity index (χ0v) is 7.86. The van der Waals surface area contributed by atoms with E-state index in [4.69, 9.17) is 4.74 Å². The standard InChI is InChI=1S/C10H14N2O/c1-9-2-3-11-10(8-9)12-4-6-13-7-5-12/h2-3,8H,4-7H2,1H3. The Hall–Kier alpha value is -1.09. The van der Waals surface area contributed by atoms with Crippen LogP contribution in [0.2, 0.25) is 0 Å². The summed E-state index contributed by atoms with van der Waals surface area (Å²) < 4.78 is 5.28. The molecule has 1 aliphatic heterocycles. The Morgan fingerprint density at radius 2 is 2.15 bits per heavy atom. The van der Waals surface area contributed by atoms with Crippen LogP contribution in [0, 0.1) is 6.92 Å². The minimum absolute atomic E-state index is 0.815. The Kier molecular flexibility index (Phi) is 2.45. The van der Waals surface area contributed by atoms with Crippen LogP contribution in [0.5, 0.6) is 0 Å². The van der Waals surface area contributed by atoms with Crippen molar-refractivity contribution in [2.75, 3.05) is 31.2 Å². The summed E-state index contributed by atoms with van der Waals surface area (Å²) in [5, 5.41) is 0. The number of pyridine rings is 1. The molecule has 2 rings (SSSR count). The Labute approximate surface area is 78.3 Å². The van der Waals surface area contributed by atoms with Crippen LogP contribution in [-0.2, 0) is 4.74 Å². The average Bonchev–Trinajstić information content (AvgIpc) is 2.19. The van der Waals surface area contributed by atoms with Crippen LogP contribution < -0.4 is 4.90 Å². The van der Waals surface area contributed by atoms with Crippen molar-refractivity contribution in [2.24, 2.45) is 0 Å². The molecule has 0 aliphatic carbocycles. The minimum atomic E-state index is 0.815. The topological polar surface area (TPSA) is 25.4 Å². The Morgan fingerprint density at radius 3 is 2.85 bits per heavy atom. The Balaban J connectivity index is 2.14. The van der Waals surface area contributed by atoms with Gasteiger partial charge in [-0.05, 0) is 24.6 Å². The lowest BCUT2D eigenvalue weighted by molar-refractivity contribution is 0.122. The molecule has 0 atom stereocenters. The number of aryl methyl sites for hydroxylation is 1. The van der Waals surface area contributed by atoms with Gasteiger partial charge in [-0.2, -0.15) is 0 Å². The molecule has 70 valence electrons. The number of anilines is 1. The summed E-state index contributed by atoms with van der Waals surface area (Å²) in [5.41, 5.74) is 1.26. The van der Waals surface area contributed by atoms with Crippen LogP contribution in [0.3, 0.4) is 0 Å². The van der Waals surface area contributed by atoms with Gasteiger partial charge in [0.2, 0.25) is 0 Å². The monoisotopic (exact) mass is 178 g/mol. The second kappa shape index (κ2) is 3.75. The third-order valence-electron chi connectivity index (χ3n) is 2.24. The van der Waals surface area contributed by atoms with E-state index in [2.05, 4.69) is 22.9 Å². The van der Waals surface area contributed by atoms with Crippen LogP contribution >= 0.6 is 0 Å². The highest BCUT2D eigenvalue weighted by molar-refractivity contribution is 5.40. The maximum atomic E-state index is 5.28. The predicted molar refractivity (Wildman–Crippen MR) is 52.0 cm³/mol. The summed E-state index contributed by atoms with van der Waals surface area (Å²) in [5.74, 6) is 1.07. The summed E-state index contributed by atoms with van der Waals surface area (Å²) in [6.07, 6.45) is 1.86. The van der Waals surface area contributed by atoms with Crippen molar-refractivity contribution in [2.45, 2.75) is 6.92 Å². The molecule has 1 aromatic heterocycles. The SMILES string of the molecule is Cc1ccnc(N2CCOCC2)c1. The summed E-state index contributed by atoms with van der Waals surface area (Å²) in [7, 11) is 0. The van der Waals surface area contributed by atoms with E-state index in [-0.39, 0.29) is 0 Å². The summed E-state index contributed by atoms with van der Waals surface area (Å²) in [6, 6.07) is 4.13. The van der Waals surface area contributed by atoms with E-state index < -0.39 is 0 Å². The van der Waals surface area contributed by atoms with Crippen molar-refractivity contribution in [1.29, 1.82) is 0 Å². The molecule has 1 aromatic rings. The zero-order valence-electron chi connectivity index (χ0n) is 7.86. The second-order valence-corrected chi connectivity index (χ2v) is 3.29. The third kappa shape index (κ3) is 1.98. The highest BCUT2D eigenvalue weighted by atomic mass is 16.5. The number of hydrogen-bond donors (Lipinski definition) is 0. The molecule has 0 bridgehead atoms. The largest absolute Gasteiger partial charge is 0.378 e. The van der Waals surface area contributed by atoms with Gasteiger partial charge in [0.25, 0.3) is 0 Å². The molecule has 1 aliphatic rings. The van der Waals surface area contributed by atoms with Crippen LogP contribution in [-0.4, -0.2) is 31.3 Å². The van der Waals surface area contributed by atoms with Crippen LogP contribution in [0.4, 0.5) is 5.82 Å². The fourth-order valence-electron chi connectivity index (χ4n) is 1.49. The molecule has 0 spiro atoms. The van der Waals surface area contributed by atoms with Gasteiger partial charge in [0.15, 0.2) is 0 Å². The summed E-state index contributed by atoms with van der Waals surface area (Å²) in [6.45, 7) is 5.63. The van der Waals surface area contributed by atoms with Gasteiger partial charge in [-0.15, -0.1) is 0 Å². The van der Waals surface area contributed by atoms with E-state index in [1.54, 1.807) is 0 Å². The molecule has 0 N–H and O–H groups in total. The average molecular weight is 178 g/mol. The Bertz CT molecular complexity index is 282. The number of nitrogens with zero attached hydrogens (tertiary/aromatic N) is 2. The van der Waals surface area contributed by atoms with E-state index in [9.17, 15) is 0 Å². The zero-order chi connectivity index (χ0) is 9.10. The van der Waals surface area contributed by atoms with Crippen molar-refractivity contribution >= 4 is 5.82 Å². The number of ether oxygens (including phenoxy) is 1. The quantitative estimate of drug-likeness (QED) is 0.646. The first-order valence-electron chi connectivity index (χ1n) is 4.61. The molecule has 1 fully saturated rings. The summed E-state index contributed by atoms with van der Waals surface area (Å²) >= 11 is 0. The fourth-order valence-corrected chi connectivity index (χ4v) is 1.49. The van der Waals surface area contributed by atoms with Gasteiger partial charge in [0.1, 0.15) is 5.82 Å². The van der Waals surface area contributed by atoms with E-state index in [0.717, 1.165) is 32.1 Å². The number of rotatable bonds is 1. The van der Waals surface area contributed by atoms with Crippen molar-refractivity contribution in [3.8, 4) is 0 Å². The van der Waals surface area contributed by atoms with Gasteiger partial charge in [-0.3, -0.25) is 0 Å². The van der Waals surface area contributed by atoms with E-state index in [1.807, 2.05) is 12.3 Å². The van der Waals surface area contributed by atoms with Gasteiger partial charge in [-0.25, -0.2) is 4.98 Å².